The Hall–Kier alpha value is -2.17. The fraction of sp³-hybridized carbons (Fsp3) is 0.125. The highest BCUT2D eigenvalue weighted by atomic mass is 35.5. The van der Waals surface area contributed by atoms with Crippen LogP contribution in [0.15, 0.2) is 48.5 Å². The van der Waals surface area contributed by atoms with Crippen LogP contribution in [-0.2, 0) is 10.5 Å². The number of hydrogen-bond donors (Lipinski definition) is 1. The van der Waals surface area contributed by atoms with Crippen molar-refractivity contribution in [1.29, 1.82) is 0 Å². The second-order valence-electron chi connectivity index (χ2n) is 4.88. The Morgan fingerprint density at radius 1 is 1.19 bits per heavy atom. The first kappa shape index (κ1) is 13.8. The largest absolute Gasteiger partial charge is 0.360 e. The van der Waals surface area contributed by atoms with Gasteiger partial charge < -0.3 is 5.11 Å². The van der Waals surface area contributed by atoms with Crippen LogP contribution in [0.25, 0.3) is 0 Å². The molecule has 3 rings (SSSR count). The molecule has 0 bridgehead atoms. The topological polar surface area (TPSA) is 57.6 Å². The van der Waals surface area contributed by atoms with E-state index >= 15 is 0 Å². The maximum absolute atomic E-state index is 12.7. The van der Waals surface area contributed by atoms with Gasteiger partial charge in [0.1, 0.15) is 0 Å². The smallest absolute Gasteiger partial charge is 0.236 e. The number of carbonyl (C=O) groups is 2. The number of para-hydroxylation sites is 1. The second kappa shape index (κ2) is 4.69. The molecule has 0 saturated carbocycles. The van der Waals surface area contributed by atoms with E-state index in [4.69, 9.17) is 11.6 Å². The van der Waals surface area contributed by atoms with Gasteiger partial charge in [0, 0.05) is 23.1 Å². The summed E-state index contributed by atoms with van der Waals surface area (Å²) in [7, 11) is 0. The van der Waals surface area contributed by atoms with Gasteiger partial charge in [-0.3, -0.25) is 14.5 Å². The minimum Gasteiger partial charge on any atom is -0.360 e. The number of amides is 1. The summed E-state index contributed by atoms with van der Waals surface area (Å²) in [6.45, 7) is 1.31. The number of aliphatic hydroxyl groups is 1. The number of halogens is 1. The monoisotopic (exact) mass is 301 g/mol. The second-order valence-corrected chi connectivity index (χ2v) is 5.32. The molecule has 1 aliphatic heterocycles. The lowest BCUT2D eigenvalue weighted by Gasteiger charge is -2.32. The number of ketones is 1. The molecule has 4 nitrogen and oxygen atoms in total. The number of anilines is 1. The van der Waals surface area contributed by atoms with E-state index in [0.29, 0.717) is 16.3 Å². The van der Waals surface area contributed by atoms with E-state index in [0.717, 1.165) is 4.90 Å². The molecule has 0 aliphatic carbocycles. The van der Waals surface area contributed by atoms with Crippen molar-refractivity contribution < 1.29 is 14.7 Å². The first-order valence-corrected chi connectivity index (χ1v) is 6.77. The van der Waals surface area contributed by atoms with Gasteiger partial charge in [-0.1, -0.05) is 35.9 Å². The van der Waals surface area contributed by atoms with Gasteiger partial charge in [-0.05, 0) is 24.3 Å². The molecule has 0 saturated heterocycles. The Morgan fingerprint density at radius 3 is 2.57 bits per heavy atom. The lowest BCUT2D eigenvalue weighted by molar-refractivity contribution is -0.120. The average Bonchev–Trinajstić information content (AvgIpc) is 2.69. The molecule has 1 heterocycles. The molecular weight excluding hydrogens is 290 g/mol. The van der Waals surface area contributed by atoms with Crippen LogP contribution in [0.4, 0.5) is 5.69 Å². The summed E-state index contributed by atoms with van der Waals surface area (Å²) in [4.78, 5) is 25.8. The van der Waals surface area contributed by atoms with Crippen molar-refractivity contribution in [2.45, 2.75) is 12.6 Å². The van der Waals surface area contributed by atoms with E-state index in [-0.39, 0.29) is 5.56 Å². The molecule has 0 spiro atoms. The van der Waals surface area contributed by atoms with Crippen LogP contribution >= 0.6 is 11.6 Å². The summed E-state index contributed by atoms with van der Waals surface area (Å²) < 4.78 is 0. The zero-order valence-electron chi connectivity index (χ0n) is 11.2. The van der Waals surface area contributed by atoms with Gasteiger partial charge >= 0.3 is 0 Å². The molecular formula is C16H12ClNO3. The minimum absolute atomic E-state index is 0.270. The molecule has 1 N–H and O–H groups in total. The Bertz CT molecular complexity index is 759. The number of hydrogen-bond acceptors (Lipinski definition) is 3. The van der Waals surface area contributed by atoms with Crippen molar-refractivity contribution >= 4 is 29.0 Å². The summed E-state index contributed by atoms with van der Waals surface area (Å²) in [5, 5.41) is 11.4. The van der Waals surface area contributed by atoms with Crippen molar-refractivity contribution in [1.82, 2.24) is 0 Å². The fourth-order valence-electron chi connectivity index (χ4n) is 2.69. The van der Waals surface area contributed by atoms with Gasteiger partial charge in [-0.2, -0.15) is 0 Å². The molecule has 1 unspecified atom stereocenters. The summed E-state index contributed by atoms with van der Waals surface area (Å²) >= 11 is 5.95. The first-order valence-electron chi connectivity index (χ1n) is 6.39. The Balaban J connectivity index is 2.27. The Morgan fingerprint density at radius 2 is 1.90 bits per heavy atom. The van der Waals surface area contributed by atoms with Gasteiger partial charge in [0.15, 0.2) is 0 Å². The summed E-state index contributed by atoms with van der Waals surface area (Å²) in [6.07, 6.45) is 0. The number of fused-ring (bicyclic) bond motifs is 1. The van der Waals surface area contributed by atoms with Crippen molar-refractivity contribution in [2.75, 3.05) is 4.90 Å². The third-order valence-electron chi connectivity index (χ3n) is 3.57. The van der Waals surface area contributed by atoms with Gasteiger partial charge in [-0.25, -0.2) is 0 Å². The van der Waals surface area contributed by atoms with Crippen LogP contribution < -0.4 is 4.90 Å². The van der Waals surface area contributed by atoms with Gasteiger partial charge in [0.25, 0.3) is 0 Å². The van der Waals surface area contributed by atoms with Crippen LogP contribution in [0, 0.1) is 0 Å². The van der Waals surface area contributed by atoms with Crippen LogP contribution in [0.2, 0.25) is 5.02 Å². The Labute approximate surface area is 126 Å². The average molecular weight is 302 g/mol. The van der Waals surface area contributed by atoms with Crippen LogP contribution in [0.3, 0.4) is 0 Å². The fourth-order valence-corrected chi connectivity index (χ4v) is 2.88. The molecule has 2 aromatic carbocycles. The van der Waals surface area contributed by atoms with Gasteiger partial charge in [-0.15, -0.1) is 0 Å². The highest BCUT2D eigenvalue weighted by Crippen LogP contribution is 2.43. The van der Waals surface area contributed by atoms with Crippen LogP contribution in [0.5, 0.6) is 0 Å². The van der Waals surface area contributed by atoms with E-state index in [9.17, 15) is 14.7 Å². The normalized spacial score (nSPS) is 20.5. The molecule has 1 atom stereocenters. The van der Waals surface area contributed by atoms with Crippen LogP contribution in [0.1, 0.15) is 22.8 Å². The minimum atomic E-state index is -2.06. The van der Waals surface area contributed by atoms with E-state index in [1.807, 2.05) is 0 Å². The van der Waals surface area contributed by atoms with E-state index in [1.54, 1.807) is 42.5 Å². The Kier molecular flexibility index (Phi) is 3.08. The quantitative estimate of drug-likeness (QED) is 0.881. The molecule has 0 radical (unpaired) electrons. The standard InChI is InChI=1S/C16H12ClNO3/c1-10(19)18-14-8-3-2-7-13(14)15(20)16(18,21)11-5-4-6-12(17)9-11/h2-9,21H,1H3. The van der Waals surface area contributed by atoms with E-state index in [2.05, 4.69) is 0 Å². The SMILES string of the molecule is CC(=O)N1c2ccccc2C(=O)C1(O)c1cccc(Cl)c1. The van der Waals surface area contributed by atoms with Crippen molar-refractivity contribution in [3.8, 4) is 0 Å². The molecule has 1 amide bonds. The molecule has 0 aromatic heterocycles. The molecule has 0 fully saturated rings. The highest BCUT2D eigenvalue weighted by Gasteiger charge is 2.53. The molecule has 2 aromatic rings. The number of nitrogens with zero attached hydrogens (tertiary/aromatic N) is 1. The predicted molar refractivity (Wildman–Crippen MR) is 79.3 cm³/mol. The van der Waals surface area contributed by atoms with Crippen molar-refractivity contribution in [3.05, 3.63) is 64.7 Å². The van der Waals surface area contributed by atoms with Crippen molar-refractivity contribution in [2.24, 2.45) is 0 Å². The summed E-state index contributed by atoms with van der Waals surface area (Å²) in [5.74, 6) is -0.952. The van der Waals surface area contributed by atoms with Gasteiger partial charge in [0.2, 0.25) is 17.4 Å². The molecule has 1 aliphatic rings. The maximum Gasteiger partial charge on any atom is 0.236 e. The third-order valence-corrected chi connectivity index (χ3v) is 3.81. The van der Waals surface area contributed by atoms with Crippen molar-refractivity contribution in [3.63, 3.8) is 0 Å². The highest BCUT2D eigenvalue weighted by molar-refractivity contribution is 6.30. The third kappa shape index (κ3) is 1.87. The lowest BCUT2D eigenvalue weighted by Crippen LogP contribution is -2.50. The number of rotatable bonds is 1. The van der Waals surface area contributed by atoms with E-state index < -0.39 is 17.4 Å². The molecule has 21 heavy (non-hydrogen) atoms. The summed E-state index contributed by atoms with van der Waals surface area (Å²) in [5.41, 5.74) is -1.07. The number of benzene rings is 2. The van der Waals surface area contributed by atoms with E-state index in [1.165, 1.54) is 13.0 Å². The molecule has 5 heteroatoms. The molecule has 106 valence electrons. The van der Waals surface area contributed by atoms with Gasteiger partial charge in [0.05, 0.1) is 5.69 Å². The first-order chi connectivity index (χ1) is 9.96. The zero-order chi connectivity index (χ0) is 15.2. The number of Topliss-reactive ketones (excluding diaryl/α,β-unsaturated/α-hetero) is 1. The van der Waals surface area contributed by atoms with Crippen LogP contribution in [-0.4, -0.2) is 16.8 Å². The number of carbonyl (C=O) groups excluding carboxylic acids is 2. The summed E-state index contributed by atoms with van der Waals surface area (Å²) in [6, 6.07) is 13.0. The zero-order valence-corrected chi connectivity index (χ0v) is 12.0. The predicted octanol–water partition coefficient (Wildman–Crippen LogP) is 2.73. The maximum atomic E-state index is 12.7. The lowest BCUT2D eigenvalue weighted by atomic mass is 9.96.